The number of anilines is 1. The molecule has 1 N–H and O–H groups in total. The van der Waals surface area contributed by atoms with E-state index in [0.29, 0.717) is 21.4 Å². The van der Waals surface area contributed by atoms with Crippen molar-refractivity contribution >= 4 is 35.8 Å². The molecule has 0 heterocycles. The Hall–Kier alpha value is -1.72. The van der Waals surface area contributed by atoms with Crippen molar-refractivity contribution in [1.29, 1.82) is 0 Å². The number of halogens is 2. The molecule has 0 unspecified atom stereocenters. The van der Waals surface area contributed by atoms with Gasteiger partial charge in [-0.1, -0.05) is 11.6 Å². The maximum Gasteiger partial charge on any atom is 0.258 e. The van der Waals surface area contributed by atoms with Crippen LogP contribution in [0.2, 0.25) is 5.02 Å². The van der Waals surface area contributed by atoms with Crippen molar-refractivity contribution in [1.82, 2.24) is 0 Å². The number of rotatable bonds is 3. The fourth-order valence-corrected chi connectivity index (χ4v) is 2.03. The fraction of sp³-hybridized carbons (Fsp3) is 0.0714. The molecule has 0 aliphatic carbocycles. The Balaban J connectivity index is 2.32. The molecule has 2 rings (SSSR count). The molecule has 2 aromatic rings. The summed E-state index contributed by atoms with van der Waals surface area (Å²) >= 11 is 9.95. The van der Waals surface area contributed by atoms with Crippen molar-refractivity contribution in [2.24, 2.45) is 0 Å². The van der Waals surface area contributed by atoms with Crippen LogP contribution in [0.1, 0.15) is 10.4 Å². The summed E-state index contributed by atoms with van der Waals surface area (Å²) < 4.78 is 18.7. The zero-order valence-corrected chi connectivity index (χ0v) is 12.1. The van der Waals surface area contributed by atoms with Gasteiger partial charge in [0.15, 0.2) is 0 Å². The van der Waals surface area contributed by atoms with Crippen molar-refractivity contribution < 1.29 is 13.9 Å². The second kappa shape index (κ2) is 6.15. The highest BCUT2D eigenvalue weighted by molar-refractivity contribution is 7.80. The van der Waals surface area contributed by atoms with Crippen LogP contribution < -0.4 is 10.1 Å². The monoisotopic (exact) mass is 311 g/mol. The van der Waals surface area contributed by atoms with E-state index in [9.17, 15) is 9.18 Å². The maximum absolute atomic E-state index is 13.6. The van der Waals surface area contributed by atoms with Crippen LogP contribution in [0.5, 0.6) is 5.75 Å². The Kier molecular flexibility index (Phi) is 4.52. The Morgan fingerprint density at radius 2 is 2.05 bits per heavy atom. The number of ether oxygens (including phenoxy) is 1. The van der Waals surface area contributed by atoms with Gasteiger partial charge in [0, 0.05) is 9.92 Å². The van der Waals surface area contributed by atoms with E-state index in [1.807, 2.05) is 0 Å². The first kappa shape index (κ1) is 14.7. The number of methoxy groups -OCH3 is 1. The lowest BCUT2D eigenvalue weighted by Gasteiger charge is -2.11. The lowest BCUT2D eigenvalue weighted by molar-refractivity contribution is 0.102. The van der Waals surface area contributed by atoms with Gasteiger partial charge in [-0.15, -0.1) is 12.6 Å². The molecule has 0 atom stereocenters. The van der Waals surface area contributed by atoms with Crippen LogP contribution in [0.15, 0.2) is 41.3 Å². The Morgan fingerprint density at radius 1 is 1.30 bits per heavy atom. The van der Waals surface area contributed by atoms with E-state index >= 15 is 0 Å². The third-order valence-corrected chi connectivity index (χ3v) is 3.12. The molecule has 0 aliphatic heterocycles. The van der Waals surface area contributed by atoms with Gasteiger partial charge in [0.05, 0.1) is 18.4 Å². The van der Waals surface area contributed by atoms with E-state index in [-0.39, 0.29) is 5.56 Å². The van der Waals surface area contributed by atoms with Crippen LogP contribution in [0, 0.1) is 5.82 Å². The van der Waals surface area contributed by atoms with E-state index in [1.165, 1.54) is 31.4 Å². The van der Waals surface area contributed by atoms with E-state index in [1.54, 1.807) is 12.1 Å². The number of amides is 1. The first-order valence-electron chi connectivity index (χ1n) is 5.64. The first-order chi connectivity index (χ1) is 9.51. The first-order valence-corrected chi connectivity index (χ1v) is 6.47. The number of hydrogen-bond acceptors (Lipinski definition) is 3. The van der Waals surface area contributed by atoms with E-state index in [2.05, 4.69) is 17.9 Å². The summed E-state index contributed by atoms with van der Waals surface area (Å²) in [5.41, 5.74) is 0.272. The molecule has 0 aliphatic rings. The highest BCUT2D eigenvalue weighted by Gasteiger charge is 2.14. The SMILES string of the molecule is COc1ccc(Cl)cc1NC(=O)c1cc(S)ccc1F. The van der Waals surface area contributed by atoms with Crippen LogP contribution in [0.25, 0.3) is 0 Å². The predicted molar refractivity (Wildman–Crippen MR) is 79.6 cm³/mol. The van der Waals surface area contributed by atoms with Gasteiger partial charge in [-0.3, -0.25) is 4.79 Å². The summed E-state index contributed by atoms with van der Waals surface area (Å²) in [5.74, 6) is -0.787. The molecule has 1 amide bonds. The molecular weight excluding hydrogens is 301 g/mol. The van der Waals surface area contributed by atoms with Crippen LogP contribution >= 0.6 is 24.2 Å². The molecule has 0 radical (unpaired) electrons. The minimum Gasteiger partial charge on any atom is -0.495 e. The van der Waals surface area contributed by atoms with Gasteiger partial charge in [0.25, 0.3) is 5.91 Å². The van der Waals surface area contributed by atoms with Gasteiger partial charge in [-0.05, 0) is 36.4 Å². The summed E-state index contributed by atoms with van der Waals surface area (Å²) in [6.07, 6.45) is 0. The second-order valence-electron chi connectivity index (χ2n) is 3.96. The van der Waals surface area contributed by atoms with Crippen LogP contribution in [0.3, 0.4) is 0 Å². The summed E-state index contributed by atoms with van der Waals surface area (Å²) in [4.78, 5) is 12.6. The molecule has 20 heavy (non-hydrogen) atoms. The van der Waals surface area contributed by atoms with E-state index in [4.69, 9.17) is 16.3 Å². The lowest BCUT2D eigenvalue weighted by Crippen LogP contribution is -2.14. The third kappa shape index (κ3) is 3.23. The van der Waals surface area contributed by atoms with Crippen molar-refractivity contribution in [2.45, 2.75) is 4.90 Å². The molecule has 0 fully saturated rings. The summed E-state index contributed by atoms with van der Waals surface area (Å²) in [6.45, 7) is 0. The predicted octanol–water partition coefficient (Wildman–Crippen LogP) is 4.03. The summed E-state index contributed by atoms with van der Waals surface area (Å²) in [5, 5.41) is 3.00. The number of carbonyl (C=O) groups excluding carboxylic acids is 1. The minimum absolute atomic E-state index is 0.0977. The van der Waals surface area contributed by atoms with Gasteiger partial charge in [-0.2, -0.15) is 0 Å². The minimum atomic E-state index is -0.624. The van der Waals surface area contributed by atoms with Crippen molar-refractivity contribution in [3.63, 3.8) is 0 Å². The van der Waals surface area contributed by atoms with Crippen molar-refractivity contribution in [3.8, 4) is 5.75 Å². The standard InChI is InChI=1S/C14H11ClFNO2S/c1-19-13-5-2-8(15)6-12(13)17-14(18)10-7-9(20)3-4-11(10)16/h2-7,20H,1H3,(H,17,18). The van der Waals surface area contributed by atoms with Gasteiger partial charge in [0.2, 0.25) is 0 Å². The fourth-order valence-electron chi connectivity index (χ4n) is 1.65. The Labute approximate surface area is 126 Å². The molecule has 104 valence electrons. The van der Waals surface area contributed by atoms with Crippen LogP contribution in [-0.2, 0) is 0 Å². The Morgan fingerprint density at radius 3 is 2.75 bits per heavy atom. The van der Waals surface area contributed by atoms with Gasteiger partial charge >= 0.3 is 0 Å². The van der Waals surface area contributed by atoms with Gasteiger partial charge in [-0.25, -0.2) is 4.39 Å². The molecule has 2 aromatic carbocycles. The van der Waals surface area contributed by atoms with Crippen molar-refractivity contribution in [2.75, 3.05) is 12.4 Å². The highest BCUT2D eigenvalue weighted by Crippen LogP contribution is 2.28. The zero-order chi connectivity index (χ0) is 14.7. The molecule has 0 bridgehead atoms. The zero-order valence-electron chi connectivity index (χ0n) is 10.5. The second-order valence-corrected chi connectivity index (χ2v) is 4.92. The number of nitrogens with one attached hydrogen (secondary N) is 1. The average molecular weight is 312 g/mol. The smallest absolute Gasteiger partial charge is 0.258 e. The maximum atomic E-state index is 13.6. The summed E-state index contributed by atoms with van der Waals surface area (Å²) in [6, 6.07) is 8.78. The normalized spacial score (nSPS) is 10.2. The quantitative estimate of drug-likeness (QED) is 0.840. The number of carbonyl (C=O) groups is 1. The molecular formula is C14H11ClFNO2S. The molecule has 0 saturated carbocycles. The van der Waals surface area contributed by atoms with Crippen LogP contribution in [-0.4, -0.2) is 13.0 Å². The molecule has 0 saturated heterocycles. The number of benzene rings is 2. The van der Waals surface area contributed by atoms with E-state index in [0.717, 1.165) is 0 Å². The average Bonchev–Trinajstić information content (AvgIpc) is 2.41. The summed E-state index contributed by atoms with van der Waals surface area (Å²) in [7, 11) is 1.47. The van der Waals surface area contributed by atoms with Crippen LogP contribution in [0.4, 0.5) is 10.1 Å². The number of hydrogen-bond donors (Lipinski definition) is 2. The largest absolute Gasteiger partial charge is 0.495 e. The Bertz CT molecular complexity index is 664. The van der Waals surface area contributed by atoms with E-state index < -0.39 is 11.7 Å². The lowest BCUT2D eigenvalue weighted by atomic mass is 10.2. The van der Waals surface area contributed by atoms with Gasteiger partial charge in [0.1, 0.15) is 11.6 Å². The molecule has 6 heteroatoms. The molecule has 3 nitrogen and oxygen atoms in total. The number of thiol groups is 1. The highest BCUT2D eigenvalue weighted by atomic mass is 35.5. The van der Waals surface area contributed by atoms with Gasteiger partial charge < -0.3 is 10.1 Å². The molecule has 0 aromatic heterocycles. The molecule has 0 spiro atoms. The topological polar surface area (TPSA) is 38.3 Å². The van der Waals surface area contributed by atoms with Crippen molar-refractivity contribution in [3.05, 3.63) is 52.8 Å². The third-order valence-electron chi connectivity index (χ3n) is 2.60.